The van der Waals surface area contributed by atoms with E-state index in [4.69, 9.17) is 4.42 Å². The highest BCUT2D eigenvalue weighted by atomic mass is 16.3. The molecule has 0 aliphatic rings. The van der Waals surface area contributed by atoms with E-state index < -0.39 is 0 Å². The first-order valence-electron chi connectivity index (χ1n) is 6.29. The second kappa shape index (κ2) is 4.59. The van der Waals surface area contributed by atoms with E-state index in [2.05, 4.69) is 0 Å². The number of benzene rings is 1. The zero-order chi connectivity index (χ0) is 15.1. The van der Waals surface area contributed by atoms with Gasteiger partial charge in [-0.25, -0.2) is 0 Å². The third kappa shape index (κ3) is 1.84. The van der Waals surface area contributed by atoms with E-state index in [0.717, 1.165) is 0 Å². The van der Waals surface area contributed by atoms with Crippen molar-refractivity contribution >= 4 is 17.1 Å². The Bertz CT molecular complexity index is 975. The minimum atomic E-state index is -0.299. The van der Waals surface area contributed by atoms with Crippen molar-refractivity contribution in [2.24, 2.45) is 14.1 Å². The predicted octanol–water partition coefficient (Wildman–Crippen LogP) is 1.31. The van der Waals surface area contributed by atoms with Gasteiger partial charge in [0.1, 0.15) is 5.76 Å². The SMILES string of the molecule is Cn1c(=O)c2cccc(-c3ccc(C=O)o3)c2c(=O)n1C. The third-order valence-electron chi connectivity index (χ3n) is 3.55. The number of hydrogen-bond acceptors (Lipinski definition) is 4. The highest BCUT2D eigenvalue weighted by Gasteiger charge is 2.15. The average Bonchev–Trinajstić information content (AvgIpc) is 2.99. The predicted molar refractivity (Wildman–Crippen MR) is 77.5 cm³/mol. The highest BCUT2D eigenvalue weighted by Crippen LogP contribution is 2.26. The molecule has 0 spiro atoms. The zero-order valence-electron chi connectivity index (χ0n) is 11.5. The first kappa shape index (κ1) is 13.1. The summed E-state index contributed by atoms with van der Waals surface area (Å²) in [6.45, 7) is 0. The second-order valence-electron chi connectivity index (χ2n) is 4.71. The van der Waals surface area contributed by atoms with Crippen molar-refractivity contribution in [2.75, 3.05) is 0 Å². The van der Waals surface area contributed by atoms with Crippen LogP contribution in [0.5, 0.6) is 0 Å². The zero-order valence-corrected chi connectivity index (χ0v) is 11.5. The molecular weight excluding hydrogens is 272 g/mol. The number of carbonyl (C=O) groups is 1. The molecule has 0 aliphatic carbocycles. The summed E-state index contributed by atoms with van der Waals surface area (Å²) in [5.74, 6) is 0.552. The lowest BCUT2D eigenvalue weighted by molar-refractivity contribution is 0.110. The van der Waals surface area contributed by atoms with Crippen LogP contribution in [0.2, 0.25) is 0 Å². The molecule has 1 aromatic carbocycles. The number of aldehydes is 1. The minimum absolute atomic E-state index is 0.169. The van der Waals surface area contributed by atoms with Gasteiger partial charge >= 0.3 is 0 Å². The Balaban J connectivity index is 2.48. The molecule has 0 amide bonds. The van der Waals surface area contributed by atoms with Crippen LogP contribution in [0.4, 0.5) is 0 Å². The van der Waals surface area contributed by atoms with Crippen LogP contribution in [0.25, 0.3) is 22.1 Å². The number of carbonyl (C=O) groups excluding carboxylic acids is 1. The summed E-state index contributed by atoms with van der Waals surface area (Å²) in [5.41, 5.74) is -0.0678. The Labute approximate surface area is 118 Å². The molecule has 0 saturated heterocycles. The number of fused-ring (bicyclic) bond motifs is 1. The van der Waals surface area contributed by atoms with E-state index in [1.54, 1.807) is 24.3 Å². The molecule has 106 valence electrons. The summed E-state index contributed by atoms with van der Waals surface area (Å²) in [6, 6.07) is 8.10. The topological polar surface area (TPSA) is 74.2 Å². The van der Waals surface area contributed by atoms with Crippen molar-refractivity contribution in [1.82, 2.24) is 9.36 Å². The van der Waals surface area contributed by atoms with Crippen LogP contribution in [-0.2, 0) is 14.1 Å². The van der Waals surface area contributed by atoms with Gasteiger partial charge in [-0.2, -0.15) is 0 Å². The fourth-order valence-corrected chi connectivity index (χ4v) is 2.34. The molecule has 0 aliphatic heterocycles. The van der Waals surface area contributed by atoms with Crippen molar-refractivity contribution in [3.05, 3.63) is 56.8 Å². The molecule has 0 atom stereocenters. The van der Waals surface area contributed by atoms with Gasteiger partial charge in [-0.05, 0) is 18.2 Å². The van der Waals surface area contributed by atoms with E-state index in [-0.39, 0.29) is 22.3 Å². The summed E-state index contributed by atoms with van der Waals surface area (Å²) in [4.78, 5) is 35.4. The fourth-order valence-electron chi connectivity index (χ4n) is 2.34. The molecule has 0 unspecified atom stereocenters. The van der Waals surface area contributed by atoms with Gasteiger partial charge in [-0.1, -0.05) is 12.1 Å². The van der Waals surface area contributed by atoms with Gasteiger partial charge in [0.2, 0.25) is 0 Å². The molecule has 0 N–H and O–H groups in total. The van der Waals surface area contributed by atoms with Crippen molar-refractivity contribution in [1.29, 1.82) is 0 Å². The van der Waals surface area contributed by atoms with Crippen molar-refractivity contribution < 1.29 is 9.21 Å². The Hall–Kier alpha value is -2.89. The molecule has 0 fully saturated rings. The van der Waals surface area contributed by atoms with Gasteiger partial charge in [0.25, 0.3) is 11.1 Å². The standard InChI is InChI=1S/C15H12N2O4/c1-16-14(19)11-5-3-4-10(13(11)15(20)17(16)2)12-7-6-9(8-18)21-12/h3-8H,1-2H3. The molecule has 3 aromatic rings. The quantitative estimate of drug-likeness (QED) is 0.665. The summed E-state index contributed by atoms with van der Waals surface area (Å²) in [7, 11) is 3.06. The molecule has 21 heavy (non-hydrogen) atoms. The Kier molecular flexibility index (Phi) is 2.86. The first-order valence-corrected chi connectivity index (χ1v) is 6.29. The van der Waals surface area contributed by atoms with Crippen molar-refractivity contribution in [2.45, 2.75) is 0 Å². The molecule has 6 nitrogen and oxygen atoms in total. The molecule has 2 heterocycles. The highest BCUT2D eigenvalue weighted by molar-refractivity contribution is 5.94. The molecule has 0 saturated carbocycles. The van der Waals surface area contributed by atoms with E-state index >= 15 is 0 Å². The fraction of sp³-hybridized carbons (Fsp3) is 0.133. The van der Waals surface area contributed by atoms with Gasteiger partial charge in [0.05, 0.1) is 10.8 Å². The van der Waals surface area contributed by atoms with Crippen molar-refractivity contribution in [3.8, 4) is 11.3 Å². The molecule has 2 aromatic heterocycles. The van der Waals surface area contributed by atoms with Crippen LogP contribution in [0, 0.1) is 0 Å². The van der Waals surface area contributed by atoms with Crippen LogP contribution in [0.1, 0.15) is 10.6 Å². The Morgan fingerprint density at radius 1 is 1.00 bits per heavy atom. The van der Waals surface area contributed by atoms with E-state index in [1.807, 2.05) is 0 Å². The summed E-state index contributed by atoms with van der Waals surface area (Å²) < 4.78 is 7.87. The van der Waals surface area contributed by atoms with Crippen LogP contribution in [-0.4, -0.2) is 15.6 Å². The average molecular weight is 284 g/mol. The molecule has 6 heteroatoms. The Morgan fingerprint density at radius 3 is 2.38 bits per heavy atom. The second-order valence-corrected chi connectivity index (χ2v) is 4.71. The van der Waals surface area contributed by atoms with E-state index in [1.165, 1.54) is 29.5 Å². The van der Waals surface area contributed by atoms with Crippen LogP contribution >= 0.6 is 0 Å². The maximum absolute atomic E-state index is 12.5. The summed E-state index contributed by atoms with van der Waals surface area (Å²) in [6.07, 6.45) is 0.589. The smallest absolute Gasteiger partial charge is 0.273 e. The number of aromatic nitrogens is 2. The lowest BCUT2D eigenvalue weighted by Gasteiger charge is -2.10. The van der Waals surface area contributed by atoms with Gasteiger partial charge in [-0.3, -0.25) is 23.7 Å². The van der Waals surface area contributed by atoms with Crippen LogP contribution < -0.4 is 11.1 Å². The number of rotatable bonds is 2. The molecule has 0 bridgehead atoms. The Morgan fingerprint density at radius 2 is 1.71 bits per heavy atom. The van der Waals surface area contributed by atoms with E-state index in [0.29, 0.717) is 23.0 Å². The monoisotopic (exact) mass is 284 g/mol. The summed E-state index contributed by atoms with van der Waals surface area (Å²) >= 11 is 0. The number of hydrogen-bond donors (Lipinski definition) is 0. The maximum Gasteiger partial charge on any atom is 0.273 e. The largest absolute Gasteiger partial charge is 0.453 e. The lowest BCUT2D eigenvalue weighted by atomic mass is 10.1. The van der Waals surface area contributed by atoms with Gasteiger partial charge < -0.3 is 4.42 Å². The van der Waals surface area contributed by atoms with Gasteiger partial charge in [0.15, 0.2) is 12.0 Å². The number of nitrogens with zero attached hydrogens (tertiary/aromatic N) is 2. The molecular formula is C15H12N2O4. The van der Waals surface area contributed by atoms with Gasteiger partial charge in [0, 0.05) is 19.7 Å². The lowest BCUT2D eigenvalue weighted by Crippen LogP contribution is -2.35. The van der Waals surface area contributed by atoms with Crippen molar-refractivity contribution in [3.63, 3.8) is 0 Å². The van der Waals surface area contributed by atoms with Crippen LogP contribution in [0.15, 0.2) is 44.3 Å². The first-order chi connectivity index (χ1) is 10.0. The normalized spacial score (nSPS) is 11.0. The maximum atomic E-state index is 12.5. The summed E-state index contributed by atoms with van der Waals surface area (Å²) in [5, 5.41) is 0.608. The van der Waals surface area contributed by atoms with E-state index in [9.17, 15) is 14.4 Å². The number of furan rings is 1. The molecule has 3 rings (SSSR count). The third-order valence-corrected chi connectivity index (χ3v) is 3.55. The minimum Gasteiger partial charge on any atom is -0.453 e. The molecule has 0 radical (unpaired) electrons. The van der Waals surface area contributed by atoms with Crippen LogP contribution in [0.3, 0.4) is 0 Å². The van der Waals surface area contributed by atoms with Gasteiger partial charge in [-0.15, -0.1) is 0 Å².